The number of rotatable bonds is 1. The molecule has 6 rings (SSSR count). The quantitative estimate of drug-likeness (QED) is 0.379. The van der Waals surface area contributed by atoms with Gasteiger partial charge >= 0.3 is 6.09 Å². The molecule has 4 aromatic rings. The predicted octanol–water partition coefficient (Wildman–Crippen LogP) is 4.27. The van der Waals surface area contributed by atoms with Crippen molar-refractivity contribution in [2.45, 2.75) is 52.4 Å². The van der Waals surface area contributed by atoms with Gasteiger partial charge in [-0.15, -0.1) is 10.2 Å². The standard InChI is InChI=1S/C26H25FN6O4/c1-14-9-28-22(29-10-14)17-8-21-24(33-13-30-31-23(17)33)32(25(34)37-26(2,3)4)11-18-16-7-15(12-35-21)36-20(16)6-5-19(18)27/h5-6,8-10,13,15H,7,11-12H2,1-4H3. The fraction of sp³-hybridized carbons (Fsp3) is 0.346. The Labute approximate surface area is 212 Å². The highest BCUT2D eigenvalue weighted by Gasteiger charge is 2.35. The van der Waals surface area contributed by atoms with Gasteiger partial charge in [-0.25, -0.2) is 19.2 Å². The molecule has 10 nitrogen and oxygen atoms in total. The summed E-state index contributed by atoms with van der Waals surface area (Å²) < 4.78 is 34.9. The van der Waals surface area contributed by atoms with Gasteiger partial charge in [-0.3, -0.25) is 9.30 Å². The van der Waals surface area contributed by atoms with E-state index in [9.17, 15) is 4.79 Å². The molecule has 2 bridgehead atoms. The third-order valence-corrected chi connectivity index (χ3v) is 6.20. The van der Waals surface area contributed by atoms with Crippen LogP contribution in [0.5, 0.6) is 11.5 Å². The molecule has 5 heterocycles. The van der Waals surface area contributed by atoms with E-state index in [-0.39, 0.29) is 19.3 Å². The summed E-state index contributed by atoms with van der Waals surface area (Å²) in [5.74, 6) is 1.23. The highest BCUT2D eigenvalue weighted by Crippen LogP contribution is 2.41. The smallest absolute Gasteiger partial charge is 0.416 e. The predicted molar refractivity (Wildman–Crippen MR) is 131 cm³/mol. The van der Waals surface area contributed by atoms with Crippen molar-refractivity contribution < 1.29 is 23.4 Å². The topological polar surface area (TPSA) is 104 Å². The van der Waals surface area contributed by atoms with Crippen molar-refractivity contribution in [1.82, 2.24) is 24.6 Å². The Balaban J connectivity index is 1.59. The summed E-state index contributed by atoms with van der Waals surface area (Å²) in [6, 6.07) is 4.70. The first kappa shape index (κ1) is 23.1. The minimum Gasteiger partial charge on any atom is -0.486 e. The van der Waals surface area contributed by atoms with Crippen LogP contribution in [0.2, 0.25) is 0 Å². The van der Waals surface area contributed by atoms with Gasteiger partial charge in [-0.2, -0.15) is 0 Å². The van der Waals surface area contributed by atoms with Crippen LogP contribution in [-0.4, -0.2) is 49.0 Å². The van der Waals surface area contributed by atoms with Crippen molar-refractivity contribution in [3.05, 3.63) is 59.4 Å². The largest absolute Gasteiger partial charge is 0.486 e. The zero-order valence-corrected chi connectivity index (χ0v) is 20.9. The minimum atomic E-state index is -0.791. The molecular formula is C26H25FN6O4. The molecule has 0 saturated carbocycles. The van der Waals surface area contributed by atoms with Crippen molar-refractivity contribution in [1.29, 1.82) is 0 Å². The van der Waals surface area contributed by atoms with Gasteiger partial charge in [-0.1, -0.05) is 0 Å². The zero-order chi connectivity index (χ0) is 25.9. The van der Waals surface area contributed by atoms with Gasteiger partial charge < -0.3 is 14.2 Å². The average Bonchev–Trinajstić information content (AvgIpc) is 3.48. The maximum Gasteiger partial charge on any atom is 0.416 e. The highest BCUT2D eigenvalue weighted by molar-refractivity contribution is 5.91. The Morgan fingerprint density at radius 1 is 1.16 bits per heavy atom. The summed E-state index contributed by atoms with van der Waals surface area (Å²) in [5, 5.41) is 8.37. The summed E-state index contributed by atoms with van der Waals surface area (Å²) >= 11 is 0. The molecule has 0 saturated heterocycles. The molecule has 0 radical (unpaired) electrons. The van der Waals surface area contributed by atoms with Crippen molar-refractivity contribution >= 4 is 17.6 Å². The number of ether oxygens (including phenoxy) is 3. The van der Waals surface area contributed by atoms with E-state index in [0.717, 1.165) is 11.1 Å². The first-order valence-electron chi connectivity index (χ1n) is 11.9. The summed E-state index contributed by atoms with van der Waals surface area (Å²) in [5.41, 5.74) is 2.18. The van der Waals surface area contributed by atoms with E-state index in [0.29, 0.717) is 46.3 Å². The van der Waals surface area contributed by atoms with Gasteiger partial charge in [0.15, 0.2) is 23.0 Å². The monoisotopic (exact) mass is 504 g/mol. The van der Waals surface area contributed by atoms with Crippen LogP contribution >= 0.6 is 0 Å². The van der Waals surface area contributed by atoms with Crippen LogP contribution in [0.25, 0.3) is 17.0 Å². The Morgan fingerprint density at radius 2 is 1.95 bits per heavy atom. The number of pyridine rings is 1. The molecular weight excluding hydrogens is 479 g/mol. The van der Waals surface area contributed by atoms with E-state index in [1.165, 1.54) is 17.3 Å². The van der Waals surface area contributed by atoms with Crippen LogP contribution < -0.4 is 14.4 Å². The molecule has 2 aliphatic heterocycles. The van der Waals surface area contributed by atoms with Gasteiger partial charge in [0.2, 0.25) is 0 Å². The van der Waals surface area contributed by atoms with Gasteiger partial charge in [0, 0.05) is 29.9 Å². The van der Waals surface area contributed by atoms with Crippen LogP contribution in [0.1, 0.15) is 37.5 Å². The Kier molecular flexibility index (Phi) is 5.25. The number of aryl methyl sites for hydroxylation is 1. The van der Waals surface area contributed by atoms with Crippen molar-refractivity contribution in [2.75, 3.05) is 11.5 Å². The zero-order valence-electron chi connectivity index (χ0n) is 20.9. The van der Waals surface area contributed by atoms with Crippen molar-refractivity contribution in [3.63, 3.8) is 0 Å². The van der Waals surface area contributed by atoms with Crippen LogP contribution in [-0.2, 0) is 17.7 Å². The molecule has 0 fully saturated rings. The number of aromatic nitrogens is 5. The molecule has 0 N–H and O–H groups in total. The summed E-state index contributed by atoms with van der Waals surface area (Å²) in [7, 11) is 0. The lowest BCUT2D eigenvalue weighted by Gasteiger charge is -2.30. The molecule has 3 aromatic heterocycles. The number of hydrogen-bond donors (Lipinski definition) is 0. The Hall–Kier alpha value is -4.28. The Bertz CT molecular complexity index is 1530. The van der Waals surface area contributed by atoms with Gasteiger partial charge in [0.25, 0.3) is 0 Å². The molecule has 37 heavy (non-hydrogen) atoms. The maximum absolute atomic E-state index is 15.2. The Morgan fingerprint density at radius 3 is 2.70 bits per heavy atom. The first-order valence-corrected chi connectivity index (χ1v) is 11.9. The lowest BCUT2D eigenvalue weighted by atomic mass is 10.0. The number of carbonyl (C=O) groups is 1. The summed E-state index contributed by atoms with van der Waals surface area (Å²) in [6.45, 7) is 7.28. The van der Waals surface area contributed by atoms with Gasteiger partial charge in [-0.05, 0) is 51.5 Å². The number of amides is 1. The van der Waals surface area contributed by atoms with Crippen LogP contribution in [0.15, 0.2) is 36.9 Å². The summed E-state index contributed by atoms with van der Waals surface area (Å²) in [4.78, 5) is 23.9. The molecule has 1 atom stereocenters. The second-order valence-corrected chi connectivity index (χ2v) is 10.2. The number of benzene rings is 1. The number of halogens is 1. The van der Waals surface area contributed by atoms with Gasteiger partial charge in [0.1, 0.15) is 36.2 Å². The second-order valence-electron chi connectivity index (χ2n) is 10.2. The number of carbonyl (C=O) groups excluding carboxylic acids is 1. The number of anilines is 1. The molecule has 1 amide bonds. The van der Waals surface area contributed by atoms with E-state index >= 15 is 4.39 Å². The third kappa shape index (κ3) is 4.09. The molecule has 11 heteroatoms. The van der Waals surface area contributed by atoms with Crippen LogP contribution in [0.4, 0.5) is 15.0 Å². The second kappa shape index (κ2) is 8.39. The van der Waals surface area contributed by atoms with E-state index in [1.54, 1.807) is 49.7 Å². The molecule has 1 aromatic carbocycles. The SMILES string of the molecule is Cc1cnc(-c2cc3c(n4cnnc24)N(C(=O)OC(C)(C)C)Cc2c(F)ccc4c2CC(CO3)O4)nc1. The van der Waals surface area contributed by atoms with Crippen molar-refractivity contribution in [2.24, 2.45) is 0 Å². The fourth-order valence-electron chi connectivity index (χ4n) is 4.59. The van der Waals surface area contributed by atoms with Crippen molar-refractivity contribution in [3.8, 4) is 22.9 Å². The molecule has 0 spiro atoms. The van der Waals surface area contributed by atoms with Crippen LogP contribution in [0, 0.1) is 12.7 Å². The summed E-state index contributed by atoms with van der Waals surface area (Å²) in [6.07, 6.45) is 4.37. The molecule has 190 valence electrons. The fourth-order valence-corrected chi connectivity index (χ4v) is 4.59. The number of hydrogen-bond acceptors (Lipinski definition) is 8. The van der Waals surface area contributed by atoms with E-state index in [4.69, 9.17) is 14.2 Å². The number of nitrogens with zero attached hydrogens (tertiary/aromatic N) is 6. The van der Waals surface area contributed by atoms with E-state index in [1.807, 2.05) is 6.92 Å². The molecule has 1 unspecified atom stereocenters. The third-order valence-electron chi connectivity index (χ3n) is 6.20. The van der Waals surface area contributed by atoms with Gasteiger partial charge in [0.05, 0.1) is 12.1 Å². The maximum atomic E-state index is 15.2. The van der Waals surface area contributed by atoms with E-state index < -0.39 is 17.5 Å². The van der Waals surface area contributed by atoms with Crippen LogP contribution in [0.3, 0.4) is 0 Å². The molecule has 0 aliphatic carbocycles. The molecule has 2 aliphatic rings. The average molecular weight is 505 g/mol. The number of fused-ring (bicyclic) bond motifs is 4. The minimum absolute atomic E-state index is 0.107. The lowest BCUT2D eigenvalue weighted by molar-refractivity contribution is 0.0573. The lowest BCUT2D eigenvalue weighted by Crippen LogP contribution is -2.38. The van der Waals surface area contributed by atoms with E-state index in [2.05, 4.69) is 20.2 Å². The normalized spacial score (nSPS) is 16.7. The highest BCUT2D eigenvalue weighted by atomic mass is 19.1. The first-order chi connectivity index (χ1) is 17.7.